The number of nitrogens with one attached hydrogen (secondary N) is 2. The predicted octanol–water partition coefficient (Wildman–Crippen LogP) is 4.39. The molecule has 3 rings (SSSR count). The van der Waals surface area contributed by atoms with Crippen LogP contribution in [-0.2, 0) is 4.43 Å². The maximum atomic E-state index is 9.51. The lowest BCUT2D eigenvalue weighted by Crippen LogP contribution is -2.30. The molecule has 0 unspecified atom stereocenters. The number of likely N-dealkylation sites (tertiary alicyclic amines) is 1. The highest BCUT2D eigenvalue weighted by Gasteiger charge is 2.16. The van der Waals surface area contributed by atoms with E-state index < -0.39 is 0 Å². The van der Waals surface area contributed by atoms with Crippen molar-refractivity contribution in [2.24, 2.45) is 10.9 Å². The maximum absolute atomic E-state index is 9.51. The van der Waals surface area contributed by atoms with Crippen molar-refractivity contribution in [1.82, 2.24) is 15.1 Å². The summed E-state index contributed by atoms with van der Waals surface area (Å²) in [5.74, 6) is 1.72. The average molecular weight is 462 g/mol. The van der Waals surface area contributed by atoms with Crippen molar-refractivity contribution in [2.45, 2.75) is 23.7 Å². The number of aliphatic imine (C=N–C) groups is 1. The third-order valence-electron chi connectivity index (χ3n) is 4.70. The van der Waals surface area contributed by atoms with E-state index in [4.69, 9.17) is 0 Å². The molecule has 1 aromatic carbocycles. The molecular weight excluding hydrogens is 439 g/mol. The molecule has 2 aromatic rings. The van der Waals surface area contributed by atoms with E-state index in [1.165, 1.54) is 18.4 Å². The molecule has 0 aliphatic carbocycles. The summed E-state index contributed by atoms with van der Waals surface area (Å²) < 4.78 is 0.936. The molecule has 1 aliphatic heterocycles. The number of anilines is 2. The van der Waals surface area contributed by atoms with Crippen molar-refractivity contribution in [2.75, 3.05) is 25.5 Å². The van der Waals surface area contributed by atoms with Crippen LogP contribution in [0.2, 0.25) is 0 Å². The van der Waals surface area contributed by atoms with E-state index in [2.05, 4.69) is 73.2 Å². The lowest BCUT2D eigenvalue weighted by Gasteiger charge is -2.27. The normalized spacial score (nSPS) is 16.0. The topological polar surface area (TPSA) is 80.1 Å². The van der Waals surface area contributed by atoms with Gasteiger partial charge in [0, 0.05) is 16.3 Å². The quantitative estimate of drug-likeness (QED) is 0.379. The fourth-order valence-electron chi connectivity index (χ4n) is 3.08. The van der Waals surface area contributed by atoms with Gasteiger partial charge >= 0.3 is 0 Å². The molecule has 0 amide bonds. The fourth-order valence-corrected chi connectivity index (χ4v) is 3.56. The fraction of sp³-hybridized carbons (Fsp3) is 0.421. The zero-order valence-corrected chi connectivity index (χ0v) is 17.0. The van der Waals surface area contributed by atoms with Gasteiger partial charge in [-0.2, -0.15) is 10.4 Å². The summed E-state index contributed by atoms with van der Waals surface area (Å²) in [4.78, 5) is 6.83. The highest BCUT2D eigenvalue weighted by atomic mass is 127. The first-order valence-corrected chi connectivity index (χ1v) is 10.3. The Morgan fingerprint density at radius 3 is 3.00 bits per heavy atom. The molecule has 1 aliphatic rings. The molecule has 6 nitrogen and oxygen atoms in total. The summed E-state index contributed by atoms with van der Waals surface area (Å²) >= 11 is 2.33. The van der Waals surface area contributed by atoms with Crippen molar-refractivity contribution >= 4 is 46.1 Å². The highest BCUT2D eigenvalue weighted by molar-refractivity contribution is 14.1. The minimum absolute atomic E-state index is 0.449. The lowest BCUT2D eigenvalue weighted by atomic mass is 9.94. The Kier molecular flexibility index (Phi) is 6.63. The van der Waals surface area contributed by atoms with Crippen molar-refractivity contribution in [3.8, 4) is 6.07 Å². The van der Waals surface area contributed by atoms with E-state index in [0.29, 0.717) is 23.1 Å². The second-order valence-corrected chi connectivity index (χ2v) is 7.42. The second kappa shape index (κ2) is 9.14. The summed E-state index contributed by atoms with van der Waals surface area (Å²) in [5.41, 5.74) is 2.59. The van der Waals surface area contributed by atoms with Crippen molar-refractivity contribution in [1.29, 1.82) is 5.26 Å². The zero-order chi connectivity index (χ0) is 18.4. The molecule has 2 heterocycles. The minimum atomic E-state index is 0.449. The second-order valence-electron chi connectivity index (χ2n) is 6.66. The molecule has 2 N–H and O–H groups in total. The van der Waals surface area contributed by atoms with E-state index in [1.807, 2.05) is 18.3 Å². The summed E-state index contributed by atoms with van der Waals surface area (Å²) in [6.07, 6.45) is 5.27. The SMILES string of the molecule is CN1CCC(C/C=N/c2[nH]nc(Nc3cccc(CI)c3)c2C#N)CC1. The number of nitrogens with zero attached hydrogens (tertiary/aromatic N) is 4. The number of nitriles is 1. The number of aromatic amines is 1. The summed E-state index contributed by atoms with van der Waals surface area (Å²) in [7, 11) is 2.17. The largest absolute Gasteiger partial charge is 0.338 e. The van der Waals surface area contributed by atoms with Gasteiger partial charge < -0.3 is 10.2 Å². The van der Waals surface area contributed by atoms with E-state index in [-0.39, 0.29) is 0 Å². The van der Waals surface area contributed by atoms with Crippen LogP contribution < -0.4 is 5.32 Å². The molecule has 0 saturated carbocycles. The van der Waals surface area contributed by atoms with E-state index >= 15 is 0 Å². The number of H-pyrrole nitrogens is 1. The van der Waals surface area contributed by atoms with Gasteiger partial charge in [-0.05, 0) is 63.0 Å². The van der Waals surface area contributed by atoms with Crippen LogP contribution in [-0.4, -0.2) is 41.4 Å². The molecule has 0 bridgehead atoms. The van der Waals surface area contributed by atoms with Crippen LogP contribution in [0.1, 0.15) is 30.4 Å². The number of hydrogen-bond donors (Lipinski definition) is 2. The van der Waals surface area contributed by atoms with E-state index in [1.54, 1.807) is 0 Å². The first-order chi connectivity index (χ1) is 12.7. The first kappa shape index (κ1) is 18.9. The summed E-state index contributed by atoms with van der Waals surface area (Å²) in [5, 5.41) is 19.8. The standard InChI is InChI=1S/C19H23IN6/c1-26-9-6-14(7-10-26)5-8-22-18-17(13-21)19(25-24-18)23-16-4-2-3-15(11-16)12-20/h2-4,8,11,14H,5-7,9-10,12H2,1H3,(H2,23,24,25)/b22-8+. The third kappa shape index (κ3) is 4.83. The number of hydrogen-bond acceptors (Lipinski definition) is 5. The molecule has 0 atom stereocenters. The highest BCUT2D eigenvalue weighted by Crippen LogP contribution is 2.26. The van der Waals surface area contributed by atoms with E-state index in [9.17, 15) is 5.26 Å². The van der Waals surface area contributed by atoms with Gasteiger partial charge in [0.05, 0.1) is 0 Å². The monoisotopic (exact) mass is 462 g/mol. The Bertz CT molecular complexity index is 799. The van der Waals surface area contributed by atoms with Crippen LogP contribution in [0.25, 0.3) is 0 Å². The van der Waals surface area contributed by atoms with Crippen LogP contribution in [0.15, 0.2) is 29.3 Å². The van der Waals surface area contributed by atoms with Gasteiger partial charge in [-0.15, -0.1) is 0 Å². The number of benzene rings is 1. The number of aromatic nitrogens is 2. The molecule has 1 saturated heterocycles. The lowest BCUT2D eigenvalue weighted by molar-refractivity contribution is 0.224. The van der Waals surface area contributed by atoms with Gasteiger partial charge in [-0.1, -0.05) is 34.7 Å². The molecular formula is C19H23IN6. The van der Waals surface area contributed by atoms with Crippen molar-refractivity contribution < 1.29 is 0 Å². The first-order valence-electron chi connectivity index (χ1n) is 8.81. The van der Waals surface area contributed by atoms with Crippen LogP contribution >= 0.6 is 22.6 Å². The van der Waals surface area contributed by atoms with Crippen LogP contribution in [0.4, 0.5) is 17.3 Å². The predicted molar refractivity (Wildman–Crippen MR) is 114 cm³/mol. The van der Waals surface area contributed by atoms with Gasteiger partial charge in [0.2, 0.25) is 0 Å². The molecule has 1 aromatic heterocycles. The zero-order valence-electron chi connectivity index (χ0n) is 14.9. The third-order valence-corrected chi connectivity index (χ3v) is 5.58. The number of piperidine rings is 1. The van der Waals surface area contributed by atoms with Gasteiger partial charge in [0.1, 0.15) is 11.6 Å². The van der Waals surface area contributed by atoms with Gasteiger partial charge in [-0.25, -0.2) is 4.99 Å². The van der Waals surface area contributed by atoms with Crippen LogP contribution in [0, 0.1) is 17.2 Å². The molecule has 26 heavy (non-hydrogen) atoms. The smallest absolute Gasteiger partial charge is 0.172 e. The van der Waals surface area contributed by atoms with Gasteiger partial charge in [0.15, 0.2) is 11.6 Å². The molecule has 0 radical (unpaired) electrons. The Morgan fingerprint density at radius 1 is 1.46 bits per heavy atom. The van der Waals surface area contributed by atoms with Gasteiger partial charge in [-0.3, -0.25) is 5.10 Å². The molecule has 1 fully saturated rings. The number of halogens is 1. The molecule has 0 spiro atoms. The van der Waals surface area contributed by atoms with Crippen molar-refractivity contribution in [3.63, 3.8) is 0 Å². The number of rotatable bonds is 6. The average Bonchev–Trinajstić information content (AvgIpc) is 3.05. The Labute approximate surface area is 167 Å². The summed E-state index contributed by atoms with van der Waals surface area (Å²) in [6, 6.07) is 10.3. The minimum Gasteiger partial charge on any atom is -0.338 e. The van der Waals surface area contributed by atoms with Crippen LogP contribution in [0.5, 0.6) is 0 Å². The van der Waals surface area contributed by atoms with Crippen LogP contribution in [0.3, 0.4) is 0 Å². The van der Waals surface area contributed by atoms with Crippen molar-refractivity contribution in [3.05, 3.63) is 35.4 Å². The maximum Gasteiger partial charge on any atom is 0.172 e. The molecule has 136 valence electrons. The Hall–Kier alpha value is -1.92. The summed E-state index contributed by atoms with van der Waals surface area (Å²) in [6.45, 7) is 2.30. The molecule has 7 heteroatoms. The van der Waals surface area contributed by atoms with Gasteiger partial charge in [0.25, 0.3) is 0 Å². The Morgan fingerprint density at radius 2 is 2.27 bits per heavy atom. The Balaban J connectivity index is 1.66. The van der Waals surface area contributed by atoms with E-state index in [0.717, 1.165) is 29.6 Å². The number of alkyl halides is 1.